The van der Waals surface area contributed by atoms with Crippen molar-refractivity contribution in [3.63, 3.8) is 0 Å². The van der Waals surface area contributed by atoms with E-state index in [1.807, 2.05) is 13.8 Å². The van der Waals surface area contributed by atoms with E-state index >= 15 is 0 Å². The van der Waals surface area contributed by atoms with Crippen LogP contribution in [0.25, 0.3) is 10.4 Å². The minimum atomic E-state index is -0.434. The first kappa shape index (κ1) is 16.4. The number of hydrogen-bond acceptors (Lipinski definition) is 2. The van der Waals surface area contributed by atoms with Crippen molar-refractivity contribution in [2.45, 2.75) is 26.9 Å². The Balaban J connectivity index is 0.00000137. The number of azide groups is 1. The van der Waals surface area contributed by atoms with Crippen LogP contribution in [-0.2, 0) is 4.74 Å². The fourth-order valence-electron chi connectivity index (χ4n) is 1.56. The minimum absolute atomic E-state index is 0.199. The number of ether oxygens (including phenoxy) is 1. The molecule has 2 atom stereocenters. The van der Waals surface area contributed by atoms with Gasteiger partial charge in [-0.25, -0.2) is 0 Å². The first-order valence-electron chi connectivity index (χ1n) is 5.96. The third-order valence-electron chi connectivity index (χ3n) is 2.40. The molecule has 0 unspecified atom stereocenters. The molecule has 0 amide bonds. The molecule has 0 fully saturated rings. The van der Waals surface area contributed by atoms with Gasteiger partial charge < -0.3 is 4.74 Å². The Morgan fingerprint density at radius 2 is 1.89 bits per heavy atom. The van der Waals surface area contributed by atoms with Crippen LogP contribution in [0.1, 0.15) is 32.4 Å². The highest BCUT2D eigenvalue weighted by Gasteiger charge is 2.18. The number of alkyl halides is 1. The zero-order valence-electron chi connectivity index (χ0n) is 11.3. The van der Waals surface area contributed by atoms with Gasteiger partial charge in [0.1, 0.15) is 0 Å². The zero-order chi connectivity index (χ0) is 14.0. The van der Waals surface area contributed by atoms with Gasteiger partial charge in [0.2, 0.25) is 0 Å². The lowest BCUT2D eigenvalue weighted by molar-refractivity contribution is 0.0480. The molecule has 18 heavy (non-hydrogen) atoms. The third kappa shape index (κ3) is 4.73. The summed E-state index contributed by atoms with van der Waals surface area (Å²) in [5, 5.41) is 3.46. The molecule has 1 aromatic carbocycles. The van der Waals surface area contributed by atoms with Crippen LogP contribution in [0.5, 0.6) is 0 Å². The Labute approximate surface area is 107 Å². The summed E-state index contributed by atoms with van der Waals surface area (Å²) in [5.74, 6) is -0.199. The van der Waals surface area contributed by atoms with E-state index in [2.05, 4.69) is 10.0 Å². The molecule has 0 heterocycles. The SMILES string of the molecule is CC.CO[C@H](c1ccc(N=[N+]=[N-])cc1)[C@H](C)CF. The van der Waals surface area contributed by atoms with E-state index in [1.54, 1.807) is 38.3 Å². The molecule has 100 valence electrons. The van der Waals surface area contributed by atoms with Gasteiger partial charge in [-0.05, 0) is 11.1 Å². The molecule has 0 aliphatic rings. The molecule has 0 spiro atoms. The second-order valence-corrected chi connectivity index (χ2v) is 3.57. The smallest absolute Gasteiger partial charge is 0.0948 e. The van der Waals surface area contributed by atoms with E-state index < -0.39 is 6.67 Å². The highest BCUT2D eigenvalue weighted by molar-refractivity contribution is 5.39. The molecule has 0 saturated heterocycles. The van der Waals surface area contributed by atoms with Gasteiger partial charge in [-0.1, -0.05) is 50.2 Å². The topological polar surface area (TPSA) is 58.0 Å². The van der Waals surface area contributed by atoms with Gasteiger partial charge >= 0.3 is 0 Å². The highest BCUT2D eigenvalue weighted by Crippen LogP contribution is 2.27. The van der Waals surface area contributed by atoms with Crippen LogP contribution in [0.2, 0.25) is 0 Å². The van der Waals surface area contributed by atoms with Crippen molar-refractivity contribution < 1.29 is 9.13 Å². The molecule has 0 aliphatic carbocycles. The van der Waals surface area contributed by atoms with Gasteiger partial charge in [-0.15, -0.1) is 0 Å². The lowest BCUT2D eigenvalue weighted by Crippen LogP contribution is -2.13. The van der Waals surface area contributed by atoms with Crippen LogP contribution in [-0.4, -0.2) is 13.8 Å². The van der Waals surface area contributed by atoms with Crippen molar-refractivity contribution in [1.29, 1.82) is 0 Å². The Kier molecular flexibility index (Phi) is 8.62. The number of halogens is 1. The normalized spacial score (nSPS) is 12.7. The molecule has 4 nitrogen and oxygen atoms in total. The van der Waals surface area contributed by atoms with Crippen LogP contribution in [0.3, 0.4) is 0 Å². The Bertz CT molecular complexity index is 374. The number of rotatable bonds is 5. The van der Waals surface area contributed by atoms with Crippen molar-refractivity contribution in [3.05, 3.63) is 40.3 Å². The lowest BCUT2D eigenvalue weighted by Gasteiger charge is -2.20. The van der Waals surface area contributed by atoms with Gasteiger partial charge in [-0.2, -0.15) is 0 Å². The average molecular weight is 253 g/mol. The van der Waals surface area contributed by atoms with Gasteiger partial charge in [0.25, 0.3) is 0 Å². The number of hydrogen-bond donors (Lipinski definition) is 0. The minimum Gasteiger partial charge on any atom is -0.376 e. The van der Waals surface area contributed by atoms with Crippen LogP contribution in [0, 0.1) is 5.92 Å². The van der Waals surface area contributed by atoms with Crippen molar-refractivity contribution in [1.82, 2.24) is 0 Å². The van der Waals surface area contributed by atoms with Crippen LogP contribution in [0.4, 0.5) is 10.1 Å². The average Bonchev–Trinajstić information content (AvgIpc) is 2.44. The lowest BCUT2D eigenvalue weighted by atomic mass is 9.98. The summed E-state index contributed by atoms with van der Waals surface area (Å²) in [6.45, 7) is 5.35. The summed E-state index contributed by atoms with van der Waals surface area (Å²) in [6, 6.07) is 6.94. The number of methoxy groups -OCH3 is 1. The van der Waals surface area contributed by atoms with Crippen LogP contribution < -0.4 is 0 Å². The molecule has 0 bridgehead atoms. The highest BCUT2D eigenvalue weighted by atomic mass is 19.1. The first-order chi connectivity index (χ1) is 8.72. The van der Waals surface area contributed by atoms with Crippen molar-refractivity contribution in [3.8, 4) is 0 Å². The number of nitrogens with zero attached hydrogens (tertiary/aromatic N) is 3. The van der Waals surface area contributed by atoms with Crippen LogP contribution >= 0.6 is 0 Å². The van der Waals surface area contributed by atoms with E-state index in [0.717, 1.165) is 5.56 Å². The zero-order valence-corrected chi connectivity index (χ0v) is 11.3. The van der Waals surface area contributed by atoms with Crippen LogP contribution in [0.15, 0.2) is 29.4 Å². The van der Waals surface area contributed by atoms with Crippen molar-refractivity contribution in [2.24, 2.45) is 11.0 Å². The Hall–Kier alpha value is -1.58. The fourth-order valence-corrected chi connectivity index (χ4v) is 1.56. The van der Waals surface area contributed by atoms with E-state index in [0.29, 0.717) is 5.69 Å². The third-order valence-corrected chi connectivity index (χ3v) is 2.40. The maximum Gasteiger partial charge on any atom is 0.0948 e. The molecule has 0 aliphatic heterocycles. The summed E-state index contributed by atoms with van der Waals surface area (Å²) < 4.78 is 17.8. The van der Waals surface area contributed by atoms with Gasteiger partial charge in [0.15, 0.2) is 0 Å². The van der Waals surface area contributed by atoms with Crippen molar-refractivity contribution in [2.75, 3.05) is 13.8 Å². The van der Waals surface area contributed by atoms with E-state index in [1.165, 1.54) is 0 Å². The molecule has 1 aromatic rings. The summed E-state index contributed by atoms with van der Waals surface area (Å²) in [6.07, 6.45) is -0.273. The molecule has 0 radical (unpaired) electrons. The Morgan fingerprint density at radius 3 is 2.28 bits per heavy atom. The first-order valence-corrected chi connectivity index (χ1v) is 5.96. The van der Waals surface area contributed by atoms with E-state index in [9.17, 15) is 4.39 Å². The molecule has 5 heteroatoms. The molecule has 0 saturated carbocycles. The maximum absolute atomic E-state index is 12.6. The summed E-state index contributed by atoms with van der Waals surface area (Å²) >= 11 is 0. The molecule has 0 N–H and O–H groups in total. The largest absolute Gasteiger partial charge is 0.376 e. The molecular weight excluding hydrogens is 233 g/mol. The predicted octanol–water partition coefficient (Wildman–Crippen LogP) is 4.95. The van der Waals surface area contributed by atoms with Gasteiger partial charge in [0, 0.05) is 23.6 Å². The molecular formula is C13H20FN3O. The second-order valence-electron chi connectivity index (χ2n) is 3.57. The second kappa shape index (κ2) is 9.45. The van der Waals surface area contributed by atoms with Crippen molar-refractivity contribution >= 4 is 5.69 Å². The van der Waals surface area contributed by atoms with Gasteiger partial charge in [-0.3, -0.25) is 4.39 Å². The Morgan fingerprint density at radius 1 is 1.33 bits per heavy atom. The predicted molar refractivity (Wildman–Crippen MR) is 71.5 cm³/mol. The van der Waals surface area contributed by atoms with Gasteiger partial charge in [0.05, 0.1) is 12.8 Å². The molecule has 0 aromatic heterocycles. The number of benzene rings is 1. The van der Waals surface area contributed by atoms with E-state index in [-0.39, 0.29) is 12.0 Å². The summed E-state index contributed by atoms with van der Waals surface area (Å²) in [7, 11) is 1.55. The molecule has 1 rings (SSSR count). The monoisotopic (exact) mass is 253 g/mol. The maximum atomic E-state index is 12.6. The summed E-state index contributed by atoms with van der Waals surface area (Å²) in [4.78, 5) is 2.69. The van der Waals surface area contributed by atoms with E-state index in [4.69, 9.17) is 10.3 Å². The quantitative estimate of drug-likeness (QED) is 0.416. The standard InChI is InChI=1S/C11H14FN3O.C2H6/c1-8(7-12)11(16-2)9-3-5-10(6-4-9)14-15-13;1-2/h3-6,8,11H,7H2,1-2H3;1-2H3/t8-,11+;/m1./s1. The summed E-state index contributed by atoms with van der Waals surface area (Å²) in [5.41, 5.74) is 9.67. The fraction of sp³-hybridized carbons (Fsp3) is 0.538.